The molecule has 0 amide bonds. The van der Waals surface area contributed by atoms with E-state index in [0.717, 1.165) is 16.6 Å². The molecule has 152 valence electrons. The highest BCUT2D eigenvalue weighted by Crippen LogP contribution is 2.43. The molecule has 29 heavy (non-hydrogen) atoms. The first kappa shape index (κ1) is 19.2. The summed E-state index contributed by atoms with van der Waals surface area (Å²) < 4.78 is 9.79. The molecule has 0 fully saturated rings. The summed E-state index contributed by atoms with van der Waals surface area (Å²) in [5, 5.41) is 15.2. The molecule has 0 saturated carbocycles. The molecule has 1 atom stereocenters. The van der Waals surface area contributed by atoms with E-state index in [1.165, 1.54) is 12.3 Å². The minimum Gasteiger partial charge on any atom is -0.489 e. The topological polar surface area (TPSA) is 86.3 Å². The van der Waals surface area contributed by atoms with Gasteiger partial charge >= 0.3 is 5.97 Å². The van der Waals surface area contributed by atoms with Crippen molar-refractivity contribution in [3.05, 3.63) is 46.2 Å². The Morgan fingerprint density at radius 1 is 1.31 bits per heavy atom. The number of carboxylic acids is 1. The molecule has 0 saturated heterocycles. The maximum absolute atomic E-state index is 12.5. The molecule has 7 nitrogen and oxygen atoms in total. The number of fused-ring (bicyclic) bond motifs is 5. The fourth-order valence-electron chi connectivity index (χ4n) is 3.98. The van der Waals surface area contributed by atoms with Gasteiger partial charge in [0.2, 0.25) is 0 Å². The van der Waals surface area contributed by atoms with Gasteiger partial charge in [0.05, 0.1) is 30.1 Å². The van der Waals surface area contributed by atoms with Gasteiger partial charge in [-0.25, -0.2) is 4.79 Å². The second kappa shape index (κ2) is 6.47. The highest BCUT2D eigenvalue weighted by atomic mass is 16.5. The summed E-state index contributed by atoms with van der Waals surface area (Å²) in [7, 11) is 0. The molecule has 1 N–H and O–H groups in total. The number of rotatable bonds is 3. The molecular weight excluding hydrogens is 370 g/mol. The van der Waals surface area contributed by atoms with Gasteiger partial charge in [0.25, 0.3) is 0 Å². The number of hydrogen-bond acceptors (Lipinski definition) is 4. The van der Waals surface area contributed by atoms with Crippen LogP contribution in [-0.4, -0.2) is 31.5 Å². The van der Waals surface area contributed by atoms with E-state index in [2.05, 4.69) is 20.8 Å². The summed E-state index contributed by atoms with van der Waals surface area (Å²) in [6, 6.07) is 7.12. The Labute approximate surface area is 168 Å². The number of ether oxygens (including phenoxy) is 1. The van der Waals surface area contributed by atoms with Crippen molar-refractivity contribution in [2.24, 2.45) is 5.41 Å². The second-order valence-corrected chi connectivity index (χ2v) is 8.88. The highest BCUT2D eigenvalue weighted by molar-refractivity contribution is 5.96. The van der Waals surface area contributed by atoms with Gasteiger partial charge in [0.1, 0.15) is 16.8 Å². The third-order valence-electron chi connectivity index (χ3n) is 5.33. The predicted molar refractivity (Wildman–Crippen MR) is 111 cm³/mol. The van der Waals surface area contributed by atoms with Gasteiger partial charge in [0, 0.05) is 17.6 Å². The van der Waals surface area contributed by atoms with Crippen LogP contribution in [0.1, 0.15) is 51.0 Å². The van der Waals surface area contributed by atoms with Gasteiger partial charge in [-0.05, 0) is 25.3 Å². The Balaban J connectivity index is 2.04. The van der Waals surface area contributed by atoms with E-state index < -0.39 is 11.4 Å². The third-order valence-corrected chi connectivity index (χ3v) is 5.33. The Morgan fingerprint density at radius 2 is 2.03 bits per heavy atom. The first-order valence-electron chi connectivity index (χ1n) is 9.74. The Kier molecular flexibility index (Phi) is 4.29. The molecule has 2 aromatic heterocycles. The summed E-state index contributed by atoms with van der Waals surface area (Å²) in [6.07, 6.45) is 1.49. The molecule has 0 aliphatic carbocycles. The van der Waals surface area contributed by atoms with E-state index in [-0.39, 0.29) is 23.1 Å². The molecule has 0 spiro atoms. The maximum Gasteiger partial charge on any atom is 0.341 e. The van der Waals surface area contributed by atoms with Crippen LogP contribution >= 0.6 is 0 Å². The summed E-state index contributed by atoms with van der Waals surface area (Å²) in [4.78, 5) is 24.1. The van der Waals surface area contributed by atoms with E-state index >= 15 is 0 Å². The molecule has 1 aliphatic heterocycles. The van der Waals surface area contributed by atoms with Crippen LogP contribution < -0.4 is 10.2 Å². The number of benzene rings is 1. The number of hydrogen-bond donors (Lipinski definition) is 1. The fraction of sp³-hybridized carbons (Fsp3) is 0.409. The van der Waals surface area contributed by atoms with Gasteiger partial charge in [-0.15, -0.1) is 0 Å². The van der Waals surface area contributed by atoms with E-state index in [4.69, 9.17) is 9.84 Å². The van der Waals surface area contributed by atoms with Crippen LogP contribution in [0.5, 0.6) is 5.75 Å². The van der Waals surface area contributed by atoms with Crippen molar-refractivity contribution < 1.29 is 14.6 Å². The van der Waals surface area contributed by atoms with Crippen molar-refractivity contribution >= 4 is 16.9 Å². The van der Waals surface area contributed by atoms with Crippen LogP contribution in [0.4, 0.5) is 0 Å². The zero-order chi connectivity index (χ0) is 21.1. The molecule has 4 rings (SSSR count). The Morgan fingerprint density at radius 3 is 2.66 bits per heavy atom. The lowest BCUT2D eigenvalue weighted by molar-refractivity contribution is 0.0693. The average molecular weight is 395 g/mol. The fourth-order valence-corrected chi connectivity index (χ4v) is 3.98. The third kappa shape index (κ3) is 3.10. The minimum atomic E-state index is -1.21. The normalized spacial score (nSPS) is 16.0. The van der Waals surface area contributed by atoms with Crippen molar-refractivity contribution in [3.8, 4) is 17.1 Å². The van der Waals surface area contributed by atoms with Gasteiger partial charge in [0.15, 0.2) is 5.43 Å². The van der Waals surface area contributed by atoms with Crippen LogP contribution in [0.15, 0.2) is 35.3 Å². The summed E-state index contributed by atoms with van der Waals surface area (Å²) in [5.74, 6) is -0.516. The summed E-state index contributed by atoms with van der Waals surface area (Å²) >= 11 is 0. The quantitative estimate of drug-likeness (QED) is 0.726. The number of aromatic nitrogens is 3. The molecule has 0 bridgehead atoms. The van der Waals surface area contributed by atoms with E-state index in [0.29, 0.717) is 18.0 Å². The number of pyridine rings is 1. The number of aromatic carboxylic acids is 1. The summed E-state index contributed by atoms with van der Waals surface area (Å²) in [5.41, 5.74) is 1.33. The smallest absolute Gasteiger partial charge is 0.341 e. The van der Waals surface area contributed by atoms with Crippen LogP contribution in [0.2, 0.25) is 0 Å². The Bertz CT molecular complexity index is 1180. The predicted octanol–water partition coefficient (Wildman–Crippen LogP) is 3.95. The first-order chi connectivity index (χ1) is 13.6. The largest absolute Gasteiger partial charge is 0.489 e. The van der Waals surface area contributed by atoms with E-state index in [1.807, 2.05) is 41.3 Å². The van der Waals surface area contributed by atoms with Crippen molar-refractivity contribution in [2.45, 2.75) is 53.3 Å². The van der Waals surface area contributed by atoms with E-state index in [1.54, 1.807) is 0 Å². The van der Waals surface area contributed by atoms with Crippen molar-refractivity contribution in [3.63, 3.8) is 0 Å². The van der Waals surface area contributed by atoms with Crippen molar-refractivity contribution in [1.29, 1.82) is 0 Å². The van der Waals surface area contributed by atoms with Crippen LogP contribution in [0.25, 0.3) is 22.3 Å². The second-order valence-electron chi connectivity index (χ2n) is 8.88. The van der Waals surface area contributed by atoms with Crippen molar-refractivity contribution in [1.82, 2.24) is 14.3 Å². The average Bonchev–Trinajstić information content (AvgIpc) is 2.99. The van der Waals surface area contributed by atoms with Crippen molar-refractivity contribution in [2.75, 3.05) is 0 Å². The Hall–Kier alpha value is -3.09. The highest BCUT2D eigenvalue weighted by Gasteiger charge is 2.35. The molecule has 1 unspecified atom stereocenters. The SMILES string of the molecule is CC(C)Oc1cccc2c3n(nc12)CC(C(C)(C)C)n1cc(C(=O)O)c(=O)cc1-3. The van der Waals surface area contributed by atoms with Crippen LogP contribution in [0.3, 0.4) is 0 Å². The molecule has 3 heterocycles. The van der Waals surface area contributed by atoms with Gasteiger partial charge in [-0.2, -0.15) is 5.10 Å². The molecule has 1 aliphatic rings. The maximum atomic E-state index is 12.5. The molecule has 3 aromatic rings. The minimum absolute atomic E-state index is 0.00896. The molecule has 7 heteroatoms. The van der Waals surface area contributed by atoms with Crippen LogP contribution in [-0.2, 0) is 6.54 Å². The van der Waals surface area contributed by atoms with Gasteiger partial charge in [-0.3, -0.25) is 9.48 Å². The number of carbonyl (C=O) groups is 1. The van der Waals surface area contributed by atoms with Gasteiger partial charge in [-0.1, -0.05) is 32.9 Å². The first-order valence-corrected chi connectivity index (χ1v) is 9.74. The standard InChI is InChI=1S/C22H25N3O4/c1-12(2)29-17-8-6-7-13-19(17)23-25-11-18(22(3,4)5)24-10-14(21(27)28)16(26)9-15(24)20(13)25/h6-10,12,18H,11H2,1-5H3,(H,27,28). The lowest BCUT2D eigenvalue weighted by Crippen LogP contribution is -2.35. The number of nitrogens with zero attached hydrogens (tertiary/aromatic N) is 3. The molecule has 1 aromatic carbocycles. The molecule has 0 radical (unpaired) electrons. The zero-order valence-electron chi connectivity index (χ0n) is 17.3. The monoisotopic (exact) mass is 395 g/mol. The van der Waals surface area contributed by atoms with E-state index in [9.17, 15) is 14.7 Å². The molecular formula is C22H25N3O4. The zero-order valence-corrected chi connectivity index (χ0v) is 17.3. The van der Waals surface area contributed by atoms with Gasteiger partial charge < -0.3 is 14.4 Å². The lowest BCUT2D eigenvalue weighted by Gasteiger charge is -2.38. The number of carboxylic acid groups (broad SMARTS) is 1. The summed E-state index contributed by atoms with van der Waals surface area (Å²) in [6.45, 7) is 10.8. The lowest BCUT2D eigenvalue weighted by atomic mass is 9.85. The van der Waals surface area contributed by atoms with Crippen LogP contribution in [0, 0.1) is 5.41 Å².